The molecule has 1 N–H and O–H groups in total. The van der Waals surface area contributed by atoms with Crippen LogP contribution in [0.2, 0.25) is 0 Å². The molecule has 0 aromatic heterocycles. The quantitative estimate of drug-likeness (QED) is 0.273. The van der Waals surface area contributed by atoms with Crippen LogP contribution in [0.15, 0.2) is 12.2 Å². The van der Waals surface area contributed by atoms with E-state index in [1.807, 2.05) is 0 Å². The van der Waals surface area contributed by atoms with Gasteiger partial charge in [-0.1, -0.05) is 91.1 Å². The molecular weight excluding hydrogens is 272 g/mol. The molecule has 0 saturated carbocycles. The molecule has 0 aliphatic rings. The van der Waals surface area contributed by atoms with Crippen LogP contribution in [0.3, 0.4) is 0 Å². The number of aliphatic carboxylic acids is 1. The average Bonchev–Trinajstić information content (AvgIpc) is 2.46. The van der Waals surface area contributed by atoms with E-state index >= 15 is 0 Å². The minimum Gasteiger partial charge on any atom is -0.478 e. The smallest absolute Gasteiger partial charge is 0.327 e. The molecule has 0 fully saturated rings. The topological polar surface area (TPSA) is 37.3 Å². The minimum absolute atomic E-state index is 0.791. The Morgan fingerprint density at radius 1 is 0.909 bits per heavy atom. The summed E-state index contributed by atoms with van der Waals surface area (Å²) < 4.78 is 0. The van der Waals surface area contributed by atoms with Gasteiger partial charge in [0, 0.05) is 6.08 Å². The van der Waals surface area contributed by atoms with Crippen LogP contribution in [0, 0.1) is 11.8 Å². The summed E-state index contributed by atoms with van der Waals surface area (Å²) in [5.74, 6) is 0.800. The Kier molecular flexibility index (Phi) is 14.6. The average molecular weight is 311 g/mol. The molecule has 22 heavy (non-hydrogen) atoms. The van der Waals surface area contributed by atoms with Gasteiger partial charge >= 0.3 is 5.97 Å². The second-order valence-corrected chi connectivity index (χ2v) is 7.07. The van der Waals surface area contributed by atoms with E-state index in [0.29, 0.717) is 0 Å². The molecule has 0 amide bonds. The maximum atomic E-state index is 10.4. The lowest BCUT2D eigenvalue weighted by molar-refractivity contribution is -0.131. The summed E-state index contributed by atoms with van der Waals surface area (Å²) in [5, 5.41) is 8.59. The van der Waals surface area contributed by atoms with Gasteiger partial charge in [0.2, 0.25) is 0 Å². The number of carboxylic acids is 1. The fraction of sp³-hybridized carbons (Fsp3) is 0.850. The first kappa shape index (κ1) is 21.2. The predicted molar refractivity (Wildman–Crippen MR) is 96.2 cm³/mol. The van der Waals surface area contributed by atoms with Crippen LogP contribution < -0.4 is 0 Å². The second-order valence-electron chi connectivity index (χ2n) is 7.07. The summed E-state index contributed by atoms with van der Waals surface area (Å²) in [4.78, 5) is 10.4. The molecule has 1 unspecified atom stereocenters. The molecule has 0 saturated heterocycles. The van der Waals surface area contributed by atoms with Crippen LogP contribution in [0.25, 0.3) is 0 Å². The van der Waals surface area contributed by atoms with E-state index in [2.05, 4.69) is 20.8 Å². The Labute approximate surface area is 138 Å². The molecule has 0 aliphatic heterocycles. The van der Waals surface area contributed by atoms with Crippen molar-refractivity contribution in [2.24, 2.45) is 11.8 Å². The lowest BCUT2D eigenvalue weighted by Crippen LogP contribution is -2.03. The Balaban J connectivity index is 3.86. The molecule has 0 aromatic rings. The Morgan fingerprint density at radius 2 is 1.55 bits per heavy atom. The van der Waals surface area contributed by atoms with E-state index < -0.39 is 5.97 Å². The Bertz CT molecular complexity index is 281. The highest BCUT2D eigenvalue weighted by Crippen LogP contribution is 2.24. The van der Waals surface area contributed by atoms with Gasteiger partial charge in [0.05, 0.1) is 0 Å². The van der Waals surface area contributed by atoms with Gasteiger partial charge in [0.25, 0.3) is 0 Å². The van der Waals surface area contributed by atoms with Crippen molar-refractivity contribution in [3.8, 4) is 0 Å². The van der Waals surface area contributed by atoms with E-state index in [0.717, 1.165) is 24.7 Å². The van der Waals surface area contributed by atoms with Gasteiger partial charge in [0.15, 0.2) is 0 Å². The number of hydrogen-bond donors (Lipinski definition) is 1. The van der Waals surface area contributed by atoms with Crippen molar-refractivity contribution in [3.05, 3.63) is 12.2 Å². The van der Waals surface area contributed by atoms with E-state index in [9.17, 15) is 4.79 Å². The summed E-state index contributed by atoms with van der Waals surface area (Å²) in [6, 6.07) is 0. The highest BCUT2D eigenvalue weighted by molar-refractivity contribution is 5.79. The molecule has 0 spiro atoms. The number of carboxylic acid groups (broad SMARTS) is 1. The van der Waals surface area contributed by atoms with E-state index in [1.54, 1.807) is 6.08 Å². The van der Waals surface area contributed by atoms with Crippen molar-refractivity contribution >= 4 is 5.97 Å². The van der Waals surface area contributed by atoms with Gasteiger partial charge in [-0.3, -0.25) is 0 Å². The lowest BCUT2D eigenvalue weighted by Gasteiger charge is -2.17. The molecule has 0 rings (SSSR count). The third kappa shape index (κ3) is 15.6. The van der Waals surface area contributed by atoms with Crippen LogP contribution in [0.1, 0.15) is 97.8 Å². The van der Waals surface area contributed by atoms with E-state index in [-0.39, 0.29) is 0 Å². The van der Waals surface area contributed by atoms with Crippen molar-refractivity contribution < 1.29 is 9.90 Å². The molecule has 1 atom stereocenters. The zero-order valence-corrected chi connectivity index (χ0v) is 15.2. The van der Waals surface area contributed by atoms with Crippen molar-refractivity contribution in [2.75, 3.05) is 0 Å². The second kappa shape index (κ2) is 15.1. The first-order valence-corrected chi connectivity index (χ1v) is 9.45. The largest absolute Gasteiger partial charge is 0.478 e. The Hall–Kier alpha value is -0.790. The van der Waals surface area contributed by atoms with Crippen molar-refractivity contribution in [2.45, 2.75) is 97.8 Å². The van der Waals surface area contributed by atoms with Crippen LogP contribution in [0.5, 0.6) is 0 Å². The van der Waals surface area contributed by atoms with Crippen molar-refractivity contribution in [1.29, 1.82) is 0 Å². The fourth-order valence-electron chi connectivity index (χ4n) is 2.92. The monoisotopic (exact) mass is 310 g/mol. The van der Waals surface area contributed by atoms with Crippen LogP contribution in [-0.2, 0) is 4.79 Å². The maximum Gasteiger partial charge on any atom is 0.327 e. The summed E-state index contributed by atoms with van der Waals surface area (Å²) in [7, 11) is 0. The van der Waals surface area contributed by atoms with Gasteiger partial charge in [-0.25, -0.2) is 4.79 Å². The van der Waals surface area contributed by atoms with Gasteiger partial charge in [-0.05, 0) is 24.7 Å². The zero-order valence-electron chi connectivity index (χ0n) is 15.2. The number of rotatable bonds is 15. The van der Waals surface area contributed by atoms with Crippen LogP contribution in [-0.4, -0.2) is 11.1 Å². The third-order valence-electron chi connectivity index (χ3n) is 4.36. The fourth-order valence-corrected chi connectivity index (χ4v) is 2.92. The first-order chi connectivity index (χ1) is 10.6. The highest BCUT2D eigenvalue weighted by atomic mass is 16.4. The third-order valence-corrected chi connectivity index (χ3v) is 4.36. The molecule has 2 nitrogen and oxygen atoms in total. The summed E-state index contributed by atoms with van der Waals surface area (Å²) in [6.07, 6.45) is 18.6. The summed E-state index contributed by atoms with van der Waals surface area (Å²) >= 11 is 0. The molecular formula is C20H38O2. The van der Waals surface area contributed by atoms with Crippen LogP contribution >= 0.6 is 0 Å². The van der Waals surface area contributed by atoms with Gasteiger partial charge in [-0.15, -0.1) is 0 Å². The van der Waals surface area contributed by atoms with E-state index in [1.165, 1.54) is 70.3 Å². The van der Waals surface area contributed by atoms with Crippen molar-refractivity contribution in [3.63, 3.8) is 0 Å². The molecule has 0 bridgehead atoms. The Morgan fingerprint density at radius 3 is 2.18 bits per heavy atom. The minimum atomic E-state index is -0.830. The standard InChI is InChI=1S/C20H38O2/c1-4-5-6-7-8-10-13-19(17-16-18(2)3)14-11-9-12-15-20(21)22/h12,15,18-19H,4-11,13-14,16-17H2,1-3H3,(H,21,22). The molecule has 0 aromatic carbocycles. The molecule has 2 heteroatoms. The zero-order chi connectivity index (χ0) is 16.6. The SMILES string of the molecule is CCCCCCCCC(CCCC=CC(=O)O)CCC(C)C. The summed E-state index contributed by atoms with van der Waals surface area (Å²) in [5.41, 5.74) is 0. The maximum absolute atomic E-state index is 10.4. The number of hydrogen-bond acceptors (Lipinski definition) is 1. The lowest BCUT2D eigenvalue weighted by atomic mass is 9.88. The molecule has 0 heterocycles. The predicted octanol–water partition coefficient (Wildman–Crippen LogP) is 6.60. The molecule has 0 radical (unpaired) electrons. The molecule has 0 aliphatic carbocycles. The first-order valence-electron chi connectivity index (χ1n) is 9.45. The van der Waals surface area contributed by atoms with Crippen LogP contribution in [0.4, 0.5) is 0 Å². The van der Waals surface area contributed by atoms with Gasteiger partial charge in [0.1, 0.15) is 0 Å². The van der Waals surface area contributed by atoms with Gasteiger partial charge < -0.3 is 5.11 Å². The molecule has 130 valence electrons. The number of carbonyl (C=O) groups is 1. The number of allylic oxidation sites excluding steroid dienone is 1. The van der Waals surface area contributed by atoms with Crippen molar-refractivity contribution in [1.82, 2.24) is 0 Å². The number of unbranched alkanes of at least 4 members (excludes halogenated alkanes) is 6. The summed E-state index contributed by atoms with van der Waals surface area (Å²) in [6.45, 7) is 6.87. The van der Waals surface area contributed by atoms with Gasteiger partial charge in [-0.2, -0.15) is 0 Å². The van der Waals surface area contributed by atoms with E-state index in [4.69, 9.17) is 5.11 Å². The normalized spacial score (nSPS) is 13.1. The highest BCUT2D eigenvalue weighted by Gasteiger charge is 2.09.